The smallest absolute Gasteiger partial charge is 0.318 e. The van der Waals surface area contributed by atoms with Gasteiger partial charge in [-0.15, -0.1) is 0 Å². The van der Waals surface area contributed by atoms with E-state index in [1.165, 1.54) is 6.42 Å². The van der Waals surface area contributed by atoms with Crippen molar-refractivity contribution in [2.75, 3.05) is 6.61 Å². The van der Waals surface area contributed by atoms with Crippen LogP contribution in [0, 0.1) is 5.92 Å². The summed E-state index contributed by atoms with van der Waals surface area (Å²) in [6.07, 6.45) is 5.56. The van der Waals surface area contributed by atoms with Crippen molar-refractivity contribution in [3.05, 3.63) is 0 Å². The van der Waals surface area contributed by atoms with Crippen LogP contribution in [0.25, 0.3) is 0 Å². The van der Waals surface area contributed by atoms with Crippen LogP contribution in [-0.2, 0) is 19.1 Å². The number of nitrogens with one attached hydrogen (secondary N) is 1. The topological polar surface area (TPSA) is 72.5 Å². The first-order valence-electron chi connectivity index (χ1n) is 7.57. The molecule has 0 radical (unpaired) electrons. The fraction of sp³-hybridized carbons (Fsp3) is 0.800. The van der Waals surface area contributed by atoms with Gasteiger partial charge in [0.25, 0.3) is 0 Å². The van der Waals surface area contributed by atoms with Crippen LogP contribution in [0.15, 0.2) is 0 Å². The molecule has 5 nitrogen and oxygen atoms in total. The highest BCUT2D eigenvalue weighted by Gasteiger charge is 2.31. The molecule has 0 aliphatic heterocycles. The number of hydrogen-bond acceptors (Lipinski definition) is 4. The molecule has 0 spiro atoms. The lowest BCUT2D eigenvalue weighted by Crippen LogP contribution is -2.43. The summed E-state index contributed by atoms with van der Waals surface area (Å²) in [5.74, 6) is -2.05. The molecule has 0 aromatic rings. The van der Waals surface area contributed by atoms with E-state index in [1.807, 2.05) is 0 Å². The lowest BCUT2D eigenvalue weighted by molar-refractivity contribution is -0.154. The molecule has 114 valence electrons. The third-order valence-corrected chi connectivity index (χ3v) is 3.67. The minimum atomic E-state index is -0.996. The van der Waals surface area contributed by atoms with E-state index in [0.29, 0.717) is 6.42 Å². The van der Waals surface area contributed by atoms with Crippen molar-refractivity contribution in [3.8, 4) is 0 Å². The first-order valence-corrected chi connectivity index (χ1v) is 7.57. The summed E-state index contributed by atoms with van der Waals surface area (Å²) in [5.41, 5.74) is 0. The van der Waals surface area contributed by atoms with Crippen molar-refractivity contribution in [2.45, 2.75) is 64.8 Å². The van der Waals surface area contributed by atoms with Gasteiger partial charge in [0.1, 0.15) is 11.7 Å². The van der Waals surface area contributed by atoms with Crippen molar-refractivity contribution in [3.63, 3.8) is 0 Å². The number of ketones is 1. The summed E-state index contributed by atoms with van der Waals surface area (Å²) in [7, 11) is 0. The maximum absolute atomic E-state index is 12.2. The van der Waals surface area contributed by atoms with Crippen molar-refractivity contribution >= 4 is 17.7 Å². The number of amides is 1. The molecule has 1 amide bonds. The van der Waals surface area contributed by atoms with Crippen molar-refractivity contribution in [1.29, 1.82) is 0 Å². The minimum Gasteiger partial charge on any atom is -0.465 e. The van der Waals surface area contributed by atoms with Crippen LogP contribution in [0.2, 0.25) is 0 Å². The van der Waals surface area contributed by atoms with Gasteiger partial charge in [-0.2, -0.15) is 0 Å². The van der Waals surface area contributed by atoms with E-state index in [-0.39, 0.29) is 30.8 Å². The lowest BCUT2D eigenvalue weighted by atomic mass is 9.94. The van der Waals surface area contributed by atoms with Crippen LogP contribution in [-0.4, -0.2) is 30.3 Å². The Labute approximate surface area is 120 Å². The van der Waals surface area contributed by atoms with E-state index < -0.39 is 11.9 Å². The van der Waals surface area contributed by atoms with Gasteiger partial charge in [-0.05, 0) is 19.8 Å². The van der Waals surface area contributed by atoms with Crippen LogP contribution in [0.1, 0.15) is 58.8 Å². The first-order chi connectivity index (χ1) is 9.58. The molecule has 1 aliphatic carbocycles. The number of ether oxygens (including phenoxy) is 1. The molecule has 1 N–H and O–H groups in total. The molecule has 5 heteroatoms. The Morgan fingerprint density at radius 1 is 1.15 bits per heavy atom. The predicted molar refractivity (Wildman–Crippen MR) is 75.1 cm³/mol. The number of hydrogen-bond donors (Lipinski definition) is 1. The van der Waals surface area contributed by atoms with Crippen LogP contribution in [0.4, 0.5) is 0 Å². The number of carbonyl (C=O) groups is 3. The fourth-order valence-corrected chi connectivity index (χ4v) is 2.45. The highest BCUT2D eigenvalue weighted by atomic mass is 16.5. The zero-order chi connectivity index (χ0) is 15.0. The quantitative estimate of drug-likeness (QED) is 0.573. The molecule has 1 fully saturated rings. The van der Waals surface area contributed by atoms with E-state index in [1.54, 1.807) is 13.8 Å². The van der Waals surface area contributed by atoms with Crippen molar-refractivity contribution < 1.29 is 19.1 Å². The van der Waals surface area contributed by atoms with Gasteiger partial charge in [-0.25, -0.2) is 0 Å². The molecular formula is C15H25NO4. The van der Waals surface area contributed by atoms with Crippen LogP contribution in [0.5, 0.6) is 0 Å². The second kappa shape index (κ2) is 8.72. The maximum atomic E-state index is 12.2. The zero-order valence-electron chi connectivity index (χ0n) is 12.4. The molecule has 0 aromatic carbocycles. The van der Waals surface area contributed by atoms with Gasteiger partial charge in [0.05, 0.1) is 6.61 Å². The van der Waals surface area contributed by atoms with Gasteiger partial charge in [-0.1, -0.05) is 26.2 Å². The second-order valence-corrected chi connectivity index (χ2v) is 5.24. The number of carbonyl (C=O) groups excluding carboxylic acids is 3. The van der Waals surface area contributed by atoms with E-state index in [4.69, 9.17) is 4.74 Å². The van der Waals surface area contributed by atoms with E-state index in [2.05, 4.69) is 5.32 Å². The monoisotopic (exact) mass is 283 g/mol. The first kappa shape index (κ1) is 16.7. The molecule has 0 aromatic heterocycles. The minimum absolute atomic E-state index is 0.0616. The third kappa shape index (κ3) is 5.31. The summed E-state index contributed by atoms with van der Waals surface area (Å²) in [4.78, 5) is 35.6. The van der Waals surface area contributed by atoms with Crippen LogP contribution < -0.4 is 5.32 Å². The van der Waals surface area contributed by atoms with Gasteiger partial charge in [0, 0.05) is 18.9 Å². The summed E-state index contributed by atoms with van der Waals surface area (Å²) in [6.45, 7) is 3.63. The van der Waals surface area contributed by atoms with Gasteiger partial charge >= 0.3 is 5.97 Å². The average molecular weight is 283 g/mol. The third-order valence-electron chi connectivity index (χ3n) is 3.67. The Balaban J connectivity index is 2.62. The second-order valence-electron chi connectivity index (χ2n) is 5.24. The Morgan fingerprint density at radius 3 is 2.35 bits per heavy atom. The molecule has 1 atom stereocenters. The van der Waals surface area contributed by atoms with E-state index in [9.17, 15) is 14.4 Å². The summed E-state index contributed by atoms with van der Waals surface area (Å²) >= 11 is 0. The molecule has 0 saturated heterocycles. The molecule has 1 unspecified atom stereocenters. The van der Waals surface area contributed by atoms with E-state index in [0.717, 1.165) is 25.7 Å². The molecule has 20 heavy (non-hydrogen) atoms. The summed E-state index contributed by atoms with van der Waals surface area (Å²) in [5, 5.41) is 2.90. The largest absolute Gasteiger partial charge is 0.465 e. The normalized spacial score (nSPS) is 17.3. The molecule has 1 rings (SSSR count). The Morgan fingerprint density at radius 2 is 1.80 bits per heavy atom. The Bertz CT molecular complexity index is 348. The predicted octanol–water partition coefficient (Wildman–Crippen LogP) is 1.98. The van der Waals surface area contributed by atoms with E-state index >= 15 is 0 Å². The standard InChI is InChI=1S/C15H25NO4/c1-3-12(17)10-13(15(19)20-4-2)14(18)16-11-8-6-5-7-9-11/h11,13H,3-10H2,1-2H3,(H,16,18). The maximum Gasteiger partial charge on any atom is 0.318 e. The summed E-state index contributed by atoms with van der Waals surface area (Å²) < 4.78 is 4.91. The fourth-order valence-electron chi connectivity index (χ4n) is 2.45. The van der Waals surface area contributed by atoms with Crippen LogP contribution in [0.3, 0.4) is 0 Å². The molecule has 1 aliphatic rings. The van der Waals surface area contributed by atoms with Crippen molar-refractivity contribution in [1.82, 2.24) is 5.32 Å². The van der Waals surface area contributed by atoms with Gasteiger partial charge in [-0.3, -0.25) is 14.4 Å². The Hall–Kier alpha value is -1.39. The SMILES string of the molecule is CCOC(=O)C(CC(=O)CC)C(=O)NC1CCCCC1. The lowest BCUT2D eigenvalue weighted by Gasteiger charge is -2.24. The number of rotatable bonds is 7. The number of Topliss-reactive ketones (excluding diaryl/α,β-unsaturated/α-hetero) is 1. The average Bonchev–Trinajstić information content (AvgIpc) is 2.45. The van der Waals surface area contributed by atoms with Gasteiger partial charge < -0.3 is 10.1 Å². The molecular weight excluding hydrogens is 258 g/mol. The summed E-state index contributed by atoms with van der Waals surface area (Å²) in [6, 6.07) is 0.130. The van der Waals surface area contributed by atoms with Crippen LogP contribution >= 0.6 is 0 Å². The van der Waals surface area contributed by atoms with Gasteiger partial charge in [0.2, 0.25) is 5.91 Å². The molecule has 0 bridgehead atoms. The molecule has 0 heterocycles. The Kier molecular flexibility index (Phi) is 7.26. The molecule has 1 saturated carbocycles. The highest BCUT2D eigenvalue weighted by molar-refractivity contribution is 6.01. The van der Waals surface area contributed by atoms with Gasteiger partial charge in [0.15, 0.2) is 0 Å². The number of esters is 1. The zero-order valence-corrected chi connectivity index (χ0v) is 12.4. The highest BCUT2D eigenvalue weighted by Crippen LogP contribution is 2.18. The van der Waals surface area contributed by atoms with Crippen molar-refractivity contribution in [2.24, 2.45) is 5.92 Å².